The van der Waals surface area contributed by atoms with Gasteiger partial charge >= 0.3 is 0 Å². The summed E-state index contributed by atoms with van der Waals surface area (Å²) in [6, 6.07) is 37.9. The third-order valence-electron chi connectivity index (χ3n) is 5.35. The normalized spacial score (nSPS) is 11.7. The van der Waals surface area contributed by atoms with Crippen LogP contribution >= 0.6 is 0 Å². The lowest BCUT2D eigenvalue weighted by molar-refractivity contribution is -0.458. The SMILES string of the molecule is CC(C)(C)[NH3+].CO.O=C([O-])[C@@H](NC(c1ccccc1)(c1ccccc1)c1ccccc1)c1ccccc1. The average Bonchev–Trinajstić information content (AvgIpc) is 2.91. The van der Waals surface area contributed by atoms with E-state index in [1.54, 1.807) is 12.1 Å². The van der Waals surface area contributed by atoms with E-state index in [0.29, 0.717) is 5.56 Å². The Bertz CT molecular complexity index is 1070. The Labute approximate surface area is 220 Å². The first-order valence-electron chi connectivity index (χ1n) is 12.2. The third-order valence-corrected chi connectivity index (χ3v) is 5.35. The molecule has 0 aliphatic carbocycles. The van der Waals surface area contributed by atoms with E-state index in [9.17, 15) is 9.90 Å². The summed E-state index contributed by atoms with van der Waals surface area (Å²) in [6.07, 6.45) is 0. The Morgan fingerprint density at radius 2 is 0.946 bits per heavy atom. The summed E-state index contributed by atoms with van der Waals surface area (Å²) in [5.41, 5.74) is 6.63. The second kappa shape index (κ2) is 14.1. The molecule has 0 heterocycles. The molecular weight excluding hydrogens is 460 g/mol. The van der Waals surface area contributed by atoms with Gasteiger partial charge in [0, 0.05) is 7.11 Å². The monoisotopic (exact) mass is 498 g/mol. The van der Waals surface area contributed by atoms with Crippen molar-refractivity contribution in [1.82, 2.24) is 5.32 Å². The predicted octanol–water partition coefficient (Wildman–Crippen LogP) is 3.69. The molecule has 5 heteroatoms. The zero-order chi connectivity index (χ0) is 27.3. The summed E-state index contributed by atoms with van der Waals surface area (Å²) in [5.74, 6) is -1.17. The van der Waals surface area contributed by atoms with E-state index in [0.717, 1.165) is 23.8 Å². The number of carboxylic acids is 1. The number of rotatable bonds is 7. The van der Waals surface area contributed by atoms with Gasteiger partial charge < -0.3 is 20.7 Å². The van der Waals surface area contributed by atoms with Crippen LogP contribution in [0.3, 0.4) is 0 Å². The number of aliphatic hydroxyl groups is 1. The van der Waals surface area contributed by atoms with Gasteiger partial charge in [0.1, 0.15) is 0 Å². The Morgan fingerprint density at radius 3 is 1.22 bits per heavy atom. The van der Waals surface area contributed by atoms with E-state index < -0.39 is 17.6 Å². The minimum Gasteiger partial charge on any atom is -0.548 e. The van der Waals surface area contributed by atoms with Crippen molar-refractivity contribution in [1.29, 1.82) is 0 Å². The second-order valence-corrected chi connectivity index (χ2v) is 9.72. The van der Waals surface area contributed by atoms with Crippen LogP contribution in [0.2, 0.25) is 0 Å². The van der Waals surface area contributed by atoms with Crippen LogP contribution in [0.25, 0.3) is 0 Å². The number of carbonyl (C=O) groups is 1. The van der Waals surface area contributed by atoms with E-state index in [1.807, 2.05) is 109 Å². The van der Waals surface area contributed by atoms with Crippen LogP contribution in [0, 0.1) is 0 Å². The van der Waals surface area contributed by atoms with Crippen LogP contribution in [-0.4, -0.2) is 23.7 Å². The fourth-order valence-corrected chi connectivity index (χ4v) is 3.95. The highest BCUT2D eigenvalue weighted by Crippen LogP contribution is 2.38. The van der Waals surface area contributed by atoms with Gasteiger partial charge in [0.05, 0.1) is 23.1 Å². The first-order valence-corrected chi connectivity index (χ1v) is 12.2. The molecule has 0 aromatic heterocycles. The molecule has 0 unspecified atom stereocenters. The average molecular weight is 499 g/mol. The van der Waals surface area contributed by atoms with Gasteiger partial charge in [0.15, 0.2) is 0 Å². The van der Waals surface area contributed by atoms with Crippen LogP contribution in [0.5, 0.6) is 0 Å². The second-order valence-electron chi connectivity index (χ2n) is 9.72. The molecule has 5 nitrogen and oxygen atoms in total. The minimum absolute atomic E-state index is 0.250. The molecule has 5 N–H and O–H groups in total. The molecule has 0 bridgehead atoms. The molecule has 0 saturated heterocycles. The lowest BCUT2D eigenvalue weighted by Gasteiger charge is -2.40. The fourth-order valence-electron chi connectivity index (χ4n) is 3.95. The van der Waals surface area contributed by atoms with Crippen LogP contribution in [0.15, 0.2) is 121 Å². The molecule has 0 aliphatic heterocycles. The first-order chi connectivity index (χ1) is 17.7. The summed E-state index contributed by atoms with van der Waals surface area (Å²) in [4.78, 5) is 12.3. The predicted molar refractivity (Wildman–Crippen MR) is 147 cm³/mol. The zero-order valence-corrected chi connectivity index (χ0v) is 22.1. The van der Waals surface area contributed by atoms with Gasteiger partial charge in [-0.25, -0.2) is 0 Å². The maximum atomic E-state index is 12.3. The number of benzene rings is 4. The van der Waals surface area contributed by atoms with Crippen molar-refractivity contribution in [3.8, 4) is 0 Å². The van der Waals surface area contributed by atoms with Crippen molar-refractivity contribution in [3.63, 3.8) is 0 Å². The third kappa shape index (κ3) is 8.40. The number of aliphatic carboxylic acids is 1. The minimum atomic E-state index is -1.17. The van der Waals surface area contributed by atoms with E-state index in [-0.39, 0.29) is 5.54 Å². The van der Waals surface area contributed by atoms with Crippen molar-refractivity contribution >= 4 is 5.97 Å². The maximum absolute atomic E-state index is 12.3. The number of quaternary nitrogens is 1. The van der Waals surface area contributed by atoms with Gasteiger partial charge in [-0.15, -0.1) is 0 Å². The number of carbonyl (C=O) groups excluding carboxylic acids is 1. The standard InChI is InChI=1S/C27H23NO2.C4H11N.CH4O/c29-26(30)25(21-13-5-1-6-14-21)28-27(22-15-7-2-8-16-22,23-17-9-3-10-18-23)24-19-11-4-12-20-24;1-4(2,3)5;1-2/h1-20,25,28H,(H,29,30);5H2,1-3H3;2H,1H3/t25-;;/m0../s1. The Hall–Kier alpha value is -3.77. The summed E-state index contributed by atoms with van der Waals surface area (Å²) >= 11 is 0. The Morgan fingerprint density at radius 1 is 0.676 bits per heavy atom. The van der Waals surface area contributed by atoms with Crippen molar-refractivity contribution in [2.45, 2.75) is 37.9 Å². The molecule has 0 saturated carbocycles. The maximum Gasteiger partial charge on any atom is 0.0955 e. The van der Waals surface area contributed by atoms with Gasteiger partial charge in [-0.1, -0.05) is 121 Å². The molecule has 194 valence electrons. The van der Waals surface area contributed by atoms with E-state index >= 15 is 0 Å². The lowest BCUT2D eigenvalue weighted by atomic mass is 9.76. The molecule has 4 rings (SSSR count). The molecule has 4 aromatic rings. The number of aliphatic hydroxyl groups excluding tert-OH is 1. The highest BCUT2D eigenvalue weighted by Gasteiger charge is 2.38. The largest absolute Gasteiger partial charge is 0.548 e. The van der Waals surface area contributed by atoms with Crippen LogP contribution in [-0.2, 0) is 10.3 Å². The van der Waals surface area contributed by atoms with Crippen molar-refractivity contribution in [2.75, 3.05) is 7.11 Å². The summed E-state index contributed by atoms with van der Waals surface area (Å²) < 4.78 is 0. The van der Waals surface area contributed by atoms with Crippen LogP contribution in [0.4, 0.5) is 0 Å². The van der Waals surface area contributed by atoms with Gasteiger partial charge in [-0.3, -0.25) is 5.32 Å². The summed E-state index contributed by atoms with van der Waals surface area (Å²) in [7, 11) is 1.00. The highest BCUT2D eigenvalue weighted by atomic mass is 16.4. The molecular formula is C32H38N2O3. The van der Waals surface area contributed by atoms with Crippen LogP contribution < -0.4 is 16.2 Å². The molecule has 0 amide bonds. The van der Waals surface area contributed by atoms with Crippen LogP contribution in [0.1, 0.15) is 49.1 Å². The van der Waals surface area contributed by atoms with Crippen molar-refractivity contribution in [3.05, 3.63) is 144 Å². The molecule has 1 atom stereocenters. The van der Waals surface area contributed by atoms with Gasteiger partial charge in [-0.2, -0.15) is 0 Å². The first kappa shape index (κ1) is 29.5. The number of hydrogen-bond donors (Lipinski definition) is 3. The lowest BCUT2D eigenvalue weighted by Crippen LogP contribution is -2.67. The number of nitrogens with one attached hydrogen (secondary N) is 1. The molecule has 0 spiro atoms. The Kier molecular flexibility index (Phi) is 11.2. The van der Waals surface area contributed by atoms with Crippen molar-refractivity contribution in [2.24, 2.45) is 0 Å². The van der Waals surface area contributed by atoms with E-state index in [1.165, 1.54) is 0 Å². The number of carboxylic acid groups (broad SMARTS) is 1. The van der Waals surface area contributed by atoms with Gasteiger partial charge in [0.25, 0.3) is 0 Å². The van der Waals surface area contributed by atoms with E-state index in [2.05, 4.69) is 31.8 Å². The quantitative estimate of drug-likeness (QED) is 0.338. The molecule has 37 heavy (non-hydrogen) atoms. The van der Waals surface area contributed by atoms with Gasteiger partial charge in [-0.05, 0) is 43.0 Å². The fraction of sp³-hybridized carbons (Fsp3) is 0.219. The summed E-state index contributed by atoms with van der Waals surface area (Å²) in [5, 5.41) is 22.8. The smallest absolute Gasteiger partial charge is 0.0955 e. The Balaban J connectivity index is 0.000000617. The summed E-state index contributed by atoms with van der Waals surface area (Å²) in [6.45, 7) is 6.23. The van der Waals surface area contributed by atoms with Crippen molar-refractivity contribution < 1.29 is 20.7 Å². The van der Waals surface area contributed by atoms with E-state index in [4.69, 9.17) is 5.11 Å². The zero-order valence-electron chi connectivity index (χ0n) is 22.1. The molecule has 4 aromatic carbocycles. The topological polar surface area (TPSA) is 100 Å². The number of hydrogen-bond acceptors (Lipinski definition) is 4. The molecule has 0 fully saturated rings. The highest BCUT2D eigenvalue weighted by molar-refractivity contribution is 5.74. The van der Waals surface area contributed by atoms with Gasteiger partial charge in [0.2, 0.25) is 0 Å². The molecule has 0 aliphatic rings. The molecule has 0 radical (unpaired) electrons.